The standard InChI is InChI=1S/C20H24N2O3S2/c1-25-16-9-5-6-14(12-16)13-17-19(24)22(20(26)27-17)11-10-21-18(23)15-7-3-2-4-8-15/h5-6,9,12-13,15H,2-4,7-8,10-11H2,1H3,(H,21,23)/b17-13+. The highest BCUT2D eigenvalue weighted by Gasteiger charge is 2.32. The number of ether oxygens (including phenoxy) is 1. The molecule has 0 bridgehead atoms. The number of rotatable bonds is 6. The van der Waals surface area contributed by atoms with Gasteiger partial charge in [-0.05, 0) is 36.6 Å². The Bertz CT molecular complexity index is 757. The molecule has 1 saturated carbocycles. The van der Waals surface area contributed by atoms with Gasteiger partial charge in [-0.15, -0.1) is 0 Å². The first kappa shape index (κ1) is 19.9. The molecule has 1 saturated heterocycles. The minimum atomic E-state index is -0.111. The molecule has 144 valence electrons. The van der Waals surface area contributed by atoms with E-state index < -0.39 is 0 Å². The molecule has 0 aromatic heterocycles. The van der Waals surface area contributed by atoms with Crippen molar-refractivity contribution in [3.8, 4) is 5.75 Å². The maximum absolute atomic E-state index is 12.7. The monoisotopic (exact) mass is 404 g/mol. The van der Waals surface area contributed by atoms with E-state index in [1.165, 1.54) is 18.2 Å². The first-order valence-electron chi connectivity index (χ1n) is 9.25. The molecule has 2 aliphatic rings. The quantitative estimate of drug-likeness (QED) is 0.580. The lowest BCUT2D eigenvalue weighted by molar-refractivity contribution is -0.127. The fraction of sp³-hybridized carbons (Fsp3) is 0.450. The van der Waals surface area contributed by atoms with Gasteiger partial charge in [-0.1, -0.05) is 55.4 Å². The lowest BCUT2D eigenvalue weighted by Crippen LogP contribution is -2.39. The zero-order valence-corrected chi connectivity index (χ0v) is 17.0. The third-order valence-electron chi connectivity index (χ3n) is 4.88. The Balaban J connectivity index is 1.55. The number of benzene rings is 1. The summed E-state index contributed by atoms with van der Waals surface area (Å²) in [4.78, 5) is 27.0. The predicted octanol–water partition coefficient (Wildman–Crippen LogP) is 3.59. The number of amides is 2. The fourth-order valence-corrected chi connectivity index (χ4v) is 4.68. The molecule has 7 heteroatoms. The largest absolute Gasteiger partial charge is 0.497 e. The summed E-state index contributed by atoms with van der Waals surface area (Å²) in [5.74, 6) is 0.856. The number of carbonyl (C=O) groups excluding carboxylic acids is 2. The van der Waals surface area contributed by atoms with Crippen molar-refractivity contribution >= 4 is 46.2 Å². The molecular weight excluding hydrogens is 380 g/mol. The number of nitrogens with zero attached hydrogens (tertiary/aromatic N) is 1. The van der Waals surface area contributed by atoms with E-state index in [0.29, 0.717) is 22.3 Å². The normalized spacial score (nSPS) is 19.6. The van der Waals surface area contributed by atoms with Crippen molar-refractivity contribution in [2.45, 2.75) is 32.1 Å². The van der Waals surface area contributed by atoms with Crippen molar-refractivity contribution in [2.24, 2.45) is 5.92 Å². The van der Waals surface area contributed by atoms with Gasteiger partial charge in [0.25, 0.3) is 5.91 Å². The third-order valence-corrected chi connectivity index (χ3v) is 6.25. The molecule has 0 unspecified atom stereocenters. The van der Waals surface area contributed by atoms with E-state index in [2.05, 4.69) is 5.32 Å². The number of methoxy groups -OCH3 is 1. The smallest absolute Gasteiger partial charge is 0.266 e. The molecule has 1 aromatic carbocycles. The van der Waals surface area contributed by atoms with Gasteiger partial charge in [-0.2, -0.15) is 0 Å². The third kappa shape index (κ3) is 5.11. The van der Waals surface area contributed by atoms with Gasteiger partial charge in [0, 0.05) is 19.0 Å². The van der Waals surface area contributed by atoms with Gasteiger partial charge in [-0.3, -0.25) is 14.5 Å². The number of thioether (sulfide) groups is 1. The van der Waals surface area contributed by atoms with Crippen LogP contribution in [0.15, 0.2) is 29.2 Å². The van der Waals surface area contributed by atoms with Crippen molar-refractivity contribution in [1.82, 2.24) is 10.2 Å². The molecule has 0 spiro atoms. The van der Waals surface area contributed by atoms with Crippen LogP contribution in [0.1, 0.15) is 37.7 Å². The molecule has 3 rings (SSSR count). The van der Waals surface area contributed by atoms with Crippen molar-refractivity contribution in [3.63, 3.8) is 0 Å². The summed E-state index contributed by atoms with van der Waals surface area (Å²) in [6.45, 7) is 0.826. The van der Waals surface area contributed by atoms with Crippen molar-refractivity contribution < 1.29 is 14.3 Å². The average molecular weight is 405 g/mol. The highest BCUT2D eigenvalue weighted by molar-refractivity contribution is 8.26. The summed E-state index contributed by atoms with van der Waals surface area (Å²) in [5, 5.41) is 2.96. The minimum Gasteiger partial charge on any atom is -0.497 e. The first-order chi connectivity index (χ1) is 13.1. The van der Waals surface area contributed by atoms with Crippen molar-refractivity contribution in [2.75, 3.05) is 20.2 Å². The van der Waals surface area contributed by atoms with Crippen LogP contribution in [0.5, 0.6) is 5.75 Å². The van der Waals surface area contributed by atoms with Gasteiger partial charge in [-0.25, -0.2) is 0 Å². The van der Waals surface area contributed by atoms with E-state index in [0.717, 1.165) is 37.0 Å². The lowest BCUT2D eigenvalue weighted by atomic mass is 9.89. The zero-order chi connectivity index (χ0) is 19.2. The Morgan fingerprint density at radius 2 is 2.15 bits per heavy atom. The molecule has 1 aliphatic heterocycles. The van der Waals surface area contributed by atoms with Gasteiger partial charge < -0.3 is 10.1 Å². The molecule has 2 fully saturated rings. The molecule has 27 heavy (non-hydrogen) atoms. The summed E-state index contributed by atoms with van der Waals surface area (Å²) in [6.07, 6.45) is 7.23. The van der Waals surface area contributed by atoms with Gasteiger partial charge in [0.15, 0.2) is 0 Å². The summed E-state index contributed by atoms with van der Waals surface area (Å²) < 4.78 is 5.75. The second-order valence-corrected chi connectivity index (χ2v) is 8.41. The van der Waals surface area contributed by atoms with Crippen LogP contribution in [0.3, 0.4) is 0 Å². The number of carbonyl (C=O) groups is 2. The number of hydrogen-bond donors (Lipinski definition) is 1. The van der Waals surface area contributed by atoms with Crippen LogP contribution in [-0.4, -0.2) is 41.2 Å². The van der Waals surface area contributed by atoms with E-state index in [9.17, 15) is 9.59 Å². The summed E-state index contributed by atoms with van der Waals surface area (Å²) in [6, 6.07) is 7.53. The lowest BCUT2D eigenvalue weighted by Gasteiger charge is -2.21. The maximum Gasteiger partial charge on any atom is 0.266 e. The van der Waals surface area contributed by atoms with Crippen LogP contribution in [0.2, 0.25) is 0 Å². The molecule has 1 aromatic rings. The van der Waals surface area contributed by atoms with Gasteiger partial charge >= 0.3 is 0 Å². The molecule has 0 atom stereocenters. The highest BCUT2D eigenvalue weighted by atomic mass is 32.2. The Kier molecular flexibility index (Phi) is 6.90. The van der Waals surface area contributed by atoms with Gasteiger partial charge in [0.05, 0.1) is 12.0 Å². The van der Waals surface area contributed by atoms with Gasteiger partial charge in [0.2, 0.25) is 5.91 Å². The van der Waals surface area contributed by atoms with Crippen LogP contribution in [0.25, 0.3) is 6.08 Å². The SMILES string of the molecule is COc1cccc(/C=C2/SC(=S)N(CCNC(=O)C3CCCCC3)C2=O)c1. The predicted molar refractivity (Wildman–Crippen MR) is 112 cm³/mol. The molecular formula is C20H24N2O3S2. The van der Waals surface area contributed by atoms with E-state index in [1.807, 2.05) is 30.3 Å². The Hall–Kier alpha value is -1.86. The van der Waals surface area contributed by atoms with Crippen LogP contribution in [0.4, 0.5) is 0 Å². The molecule has 1 aliphatic carbocycles. The average Bonchev–Trinajstić information content (AvgIpc) is 2.96. The second-order valence-electron chi connectivity index (χ2n) is 6.74. The van der Waals surface area contributed by atoms with Gasteiger partial charge in [0.1, 0.15) is 10.1 Å². The molecule has 1 heterocycles. The van der Waals surface area contributed by atoms with Crippen molar-refractivity contribution in [3.05, 3.63) is 34.7 Å². The van der Waals surface area contributed by atoms with E-state index in [-0.39, 0.29) is 17.7 Å². The number of nitrogens with one attached hydrogen (secondary N) is 1. The Morgan fingerprint density at radius 3 is 2.89 bits per heavy atom. The summed E-state index contributed by atoms with van der Waals surface area (Å²) >= 11 is 6.65. The molecule has 5 nitrogen and oxygen atoms in total. The number of hydrogen-bond acceptors (Lipinski definition) is 5. The van der Waals surface area contributed by atoms with E-state index in [4.69, 9.17) is 17.0 Å². The van der Waals surface area contributed by atoms with Crippen LogP contribution < -0.4 is 10.1 Å². The van der Waals surface area contributed by atoms with Crippen molar-refractivity contribution in [1.29, 1.82) is 0 Å². The minimum absolute atomic E-state index is 0.104. The summed E-state index contributed by atoms with van der Waals surface area (Å²) in [5.41, 5.74) is 0.889. The first-order valence-corrected chi connectivity index (χ1v) is 10.5. The Morgan fingerprint density at radius 1 is 1.37 bits per heavy atom. The maximum atomic E-state index is 12.7. The second kappa shape index (κ2) is 9.37. The van der Waals surface area contributed by atoms with E-state index >= 15 is 0 Å². The summed E-state index contributed by atoms with van der Waals surface area (Å²) in [7, 11) is 1.61. The Labute approximate surface area is 169 Å². The van der Waals surface area contributed by atoms with Crippen LogP contribution in [0, 0.1) is 5.92 Å². The molecule has 1 N–H and O–H groups in total. The van der Waals surface area contributed by atoms with Crippen LogP contribution in [-0.2, 0) is 9.59 Å². The van der Waals surface area contributed by atoms with E-state index in [1.54, 1.807) is 12.0 Å². The molecule has 0 radical (unpaired) electrons. The number of thiocarbonyl (C=S) groups is 1. The zero-order valence-electron chi connectivity index (χ0n) is 15.4. The fourth-order valence-electron chi connectivity index (χ4n) is 3.38. The highest BCUT2D eigenvalue weighted by Crippen LogP contribution is 2.32. The topological polar surface area (TPSA) is 58.6 Å². The van der Waals surface area contributed by atoms with Crippen LogP contribution >= 0.6 is 24.0 Å². The molecule has 2 amide bonds.